The summed E-state index contributed by atoms with van der Waals surface area (Å²) in [7, 11) is 0. The van der Waals surface area contributed by atoms with Crippen LogP contribution in [0.15, 0.2) is 24.3 Å². The Balaban J connectivity index is 1.82. The van der Waals surface area contributed by atoms with E-state index < -0.39 is 5.97 Å². The Kier molecular flexibility index (Phi) is 4.59. The van der Waals surface area contributed by atoms with Crippen molar-refractivity contribution in [1.29, 1.82) is 0 Å². The Morgan fingerprint density at radius 2 is 2.00 bits per heavy atom. The van der Waals surface area contributed by atoms with Gasteiger partial charge >= 0.3 is 5.97 Å². The number of hydrogen-bond donors (Lipinski definition) is 2. The van der Waals surface area contributed by atoms with Gasteiger partial charge in [-0.1, -0.05) is 43.2 Å². The highest BCUT2D eigenvalue weighted by Crippen LogP contribution is 2.37. The lowest BCUT2D eigenvalue weighted by atomic mass is 9.75. The summed E-state index contributed by atoms with van der Waals surface area (Å²) in [5.74, 6) is -0.130. The third kappa shape index (κ3) is 3.57. The number of carbonyl (C=O) groups is 1. The fraction of sp³-hybridized carbons (Fsp3) is 0.562. The molecule has 19 heavy (non-hydrogen) atoms. The topological polar surface area (TPSA) is 49.3 Å². The van der Waals surface area contributed by atoms with Crippen LogP contribution in [0.4, 0.5) is 0 Å². The van der Waals surface area contributed by atoms with Crippen LogP contribution in [0.1, 0.15) is 49.7 Å². The van der Waals surface area contributed by atoms with E-state index in [4.69, 9.17) is 5.11 Å². The van der Waals surface area contributed by atoms with Gasteiger partial charge in [-0.15, -0.1) is 0 Å². The molecule has 0 saturated heterocycles. The van der Waals surface area contributed by atoms with E-state index in [-0.39, 0.29) is 6.04 Å². The van der Waals surface area contributed by atoms with Gasteiger partial charge in [0.05, 0.1) is 0 Å². The zero-order valence-corrected chi connectivity index (χ0v) is 11.7. The lowest BCUT2D eigenvalue weighted by molar-refractivity contribution is -0.140. The summed E-state index contributed by atoms with van der Waals surface area (Å²) in [5.41, 5.74) is 2.66. The molecule has 1 aromatic rings. The van der Waals surface area contributed by atoms with Crippen molar-refractivity contribution in [3.05, 3.63) is 35.4 Å². The number of nitrogens with one attached hydrogen (secondary N) is 1. The molecule has 0 spiro atoms. The normalized spacial score (nSPS) is 23.7. The molecule has 0 bridgehead atoms. The van der Waals surface area contributed by atoms with Gasteiger partial charge in [0, 0.05) is 6.04 Å². The molecule has 1 aliphatic carbocycles. The lowest BCUT2D eigenvalue weighted by Crippen LogP contribution is -2.48. The Morgan fingerprint density at radius 1 is 1.37 bits per heavy atom. The van der Waals surface area contributed by atoms with E-state index >= 15 is 0 Å². The van der Waals surface area contributed by atoms with E-state index in [1.165, 1.54) is 11.1 Å². The molecule has 1 aromatic carbocycles. The third-order valence-corrected chi connectivity index (χ3v) is 4.00. The van der Waals surface area contributed by atoms with Crippen LogP contribution >= 0.6 is 0 Å². The van der Waals surface area contributed by atoms with E-state index in [2.05, 4.69) is 36.5 Å². The zero-order valence-electron chi connectivity index (χ0n) is 11.7. The molecule has 1 atom stereocenters. The number of benzene rings is 1. The van der Waals surface area contributed by atoms with Crippen LogP contribution in [-0.4, -0.2) is 23.2 Å². The highest BCUT2D eigenvalue weighted by molar-refractivity contribution is 5.73. The van der Waals surface area contributed by atoms with Crippen molar-refractivity contribution in [2.24, 2.45) is 0 Å². The first-order valence-electron chi connectivity index (χ1n) is 7.15. The zero-order chi connectivity index (χ0) is 13.8. The molecule has 0 heterocycles. The van der Waals surface area contributed by atoms with Gasteiger partial charge in [-0.05, 0) is 37.7 Å². The average molecular weight is 261 g/mol. The third-order valence-electron chi connectivity index (χ3n) is 4.00. The number of carboxylic acids is 1. The molecule has 1 unspecified atom stereocenters. The Bertz CT molecular complexity index is 421. The molecule has 0 aromatic heterocycles. The van der Waals surface area contributed by atoms with Crippen molar-refractivity contribution in [2.75, 3.05) is 0 Å². The van der Waals surface area contributed by atoms with Crippen molar-refractivity contribution in [2.45, 2.75) is 57.5 Å². The number of aliphatic carboxylic acids is 1. The smallest absolute Gasteiger partial charge is 0.320 e. The number of hydrogen-bond acceptors (Lipinski definition) is 2. The van der Waals surface area contributed by atoms with Crippen molar-refractivity contribution < 1.29 is 9.90 Å². The molecule has 1 saturated carbocycles. The number of rotatable bonds is 6. The second kappa shape index (κ2) is 6.20. The van der Waals surface area contributed by atoms with Gasteiger partial charge in [0.2, 0.25) is 0 Å². The second-order valence-electron chi connectivity index (χ2n) is 5.62. The van der Waals surface area contributed by atoms with Gasteiger partial charge in [0.25, 0.3) is 0 Å². The maximum Gasteiger partial charge on any atom is 0.320 e. The van der Waals surface area contributed by atoms with E-state index in [0.717, 1.165) is 19.3 Å². The SMILES string of the molecule is CCCC(NC1CC(c2ccc(C)cc2)C1)C(=O)O. The van der Waals surface area contributed by atoms with Crippen LogP contribution in [0, 0.1) is 6.92 Å². The molecule has 0 radical (unpaired) electrons. The quantitative estimate of drug-likeness (QED) is 0.827. The monoisotopic (exact) mass is 261 g/mol. The summed E-state index contributed by atoms with van der Waals surface area (Å²) >= 11 is 0. The molecule has 3 nitrogen and oxygen atoms in total. The fourth-order valence-electron chi connectivity index (χ4n) is 2.72. The summed E-state index contributed by atoms with van der Waals surface area (Å²) < 4.78 is 0. The predicted octanol–water partition coefficient (Wildman–Crippen LogP) is 3.08. The van der Waals surface area contributed by atoms with Gasteiger partial charge in [-0.3, -0.25) is 4.79 Å². The maximum absolute atomic E-state index is 11.1. The molecule has 104 valence electrons. The molecule has 0 aliphatic heterocycles. The van der Waals surface area contributed by atoms with Crippen LogP contribution in [0.25, 0.3) is 0 Å². The van der Waals surface area contributed by atoms with E-state index in [1.807, 2.05) is 6.92 Å². The first-order chi connectivity index (χ1) is 9.10. The minimum Gasteiger partial charge on any atom is -0.480 e. The first-order valence-corrected chi connectivity index (χ1v) is 7.15. The van der Waals surface area contributed by atoms with Crippen molar-refractivity contribution >= 4 is 5.97 Å². The van der Waals surface area contributed by atoms with Crippen LogP contribution in [0.2, 0.25) is 0 Å². The molecule has 3 heteroatoms. The molecule has 2 N–H and O–H groups in total. The Morgan fingerprint density at radius 3 is 2.53 bits per heavy atom. The Labute approximate surface area is 115 Å². The Hall–Kier alpha value is -1.35. The summed E-state index contributed by atoms with van der Waals surface area (Å²) in [6.07, 6.45) is 3.71. The highest BCUT2D eigenvalue weighted by Gasteiger charge is 2.32. The van der Waals surface area contributed by atoms with Gasteiger partial charge in [-0.2, -0.15) is 0 Å². The van der Waals surface area contributed by atoms with E-state index in [0.29, 0.717) is 18.4 Å². The van der Waals surface area contributed by atoms with Gasteiger partial charge in [0.1, 0.15) is 6.04 Å². The standard InChI is InChI=1S/C16H23NO2/c1-3-4-15(16(18)19)17-14-9-13(10-14)12-7-5-11(2)6-8-12/h5-8,13-15,17H,3-4,9-10H2,1-2H3,(H,18,19). The summed E-state index contributed by atoms with van der Waals surface area (Å²) in [4.78, 5) is 11.1. The van der Waals surface area contributed by atoms with E-state index in [9.17, 15) is 4.79 Å². The van der Waals surface area contributed by atoms with Crippen LogP contribution in [0.5, 0.6) is 0 Å². The second-order valence-corrected chi connectivity index (χ2v) is 5.62. The minimum absolute atomic E-state index is 0.360. The van der Waals surface area contributed by atoms with Crippen LogP contribution in [-0.2, 0) is 4.79 Å². The van der Waals surface area contributed by atoms with Crippen molar-refractivity contribution in [3.8, 4) is 0 Å². The minimum atomic E-state index is -0.722. The van der Waals surface area contributed by atoms with E-state index in [1.54, 1.807) is 0 Å². The number of aryl methyl sites for hydroxylation is 1. The highest BCUT2D eigenvalue weighted by atomic mass is 16.4. The molecular weight excluding hydrogens is 238 g/mol. The molecule has 0 amide bonds. The lowest BCUT2D eigenvalue weighted by Gasteiger charge is -2.38. The molecule has 1 fully saturated rings. The molecular formula is C16H23NO2. The van der Waals surface area contributed by atoms with Gasteiger partial charge in [0.15, 0.2) is 0 Å². The van der Waals surface area contributed by atoms with Crippen molar-refractivity contribution in [1.82, 2.24) is 5.32 Å². The van der Waals surface area contributed by atoms with Gasteiger partial charge < -0.3 is 10.4 Å². The first kappa shape index (κ1) is 14.1. The van der Waals surface area contributed by atoms with Crippen LogP contribution < -0.4 is 5.32 Å². The predicted molar refractivity (Wildman–Crippen MR) is 76.4 cm³/mol. The summed E-state index contributed by atoms with van der Waals surface area (Å²) in [6, 6.07) is 8.65. The average Bonchev–Trinajstić information content (AvgIpc) is 2.33. The van der Waals surface area contributed by atoms with Crippen LogP contribution in [0.3, 0.4) is 0 Å². The number of carboxylic acid groups (broad SMARTS) is 1. The summed E-state index contributed by atoms with van der Waals surface area (Å²) in [5, 5.41) is 12.4. The fourth-order valence-corrected chi connectivity index (χ4v) is 2.72. The van der Waals surface area contributed by atoms with Gasteiger partial charge in [-0.25, -0.2) is 0 Å². The maximum atomic E-state index is 11.1. The molecule has 1 aliphatic rings. The summed E-state index contributed by atoms with van der Waals surface area (Å²) in [6.45, 7) is 4.12. The van der Waals surface area contributed by atoms with Crippen molar-refractivity contribution in [3.63, 3.8) is 0 Å². The molecule has 2 rings (SSSR count). The largest absolute Gasteiger partial charge is 0.480 e.